The Balaban J connectivity index is 1.40. The van der Waals surface area contributed by atoms with Gasteiger partial charge < -0.3 is 15.0 Å². The number of aromatic nitrogens is 4. The summed E-state index contributed by atoms with van der Waals surface area (Å²) >= 11 is 0. The Kier molecular flexibility index (Phi) is 5.62. The molecule has 0 bridgehead atoms. The van der Waals surface area contributed by atoms with Gasteiger partial charge in [-0.3, -0.25) is 0 Å². The summed E-state index contributed by atoms with van der Waals surface area (Å²) in [6.45, 7) is 1.99. The monoisotopic (exact) mass is 417 g/mol. The lowest BCUT2D eigenvalue weighted by molar-refractivity contribution is 0.279. The van der Waals surface area contributed by atoms with Gasteiger partial charge in [0.25, 0.3) is 0 Å². The molecule has 2 aliphatic carbocycles. The quantitative estimate of drug-likeness (QED) is 0.538. The number of rotatable bonds is 5. The molecule has 0 spiro atoms. The molecule has 0 saturated heterocycles. The lowest BCUT2D eigenvalue weighted by Gasteiger charge is -2.33. The van der Waals surface area contributed by atoms with Crippen molar-refractivity contribution in [3.63, 3.8) is 0 Å². The molecule has 0 aliphatic heterocycles. The van der Waals surface area contributed by atoms with E-state index in [1.54, 1.807) is 7.11 Å². The second-order valence-electron chi connectivity index (χ2n) is 8.96. The molecule has 31 heavy (non-hydrogen) atoms. The van der Waals surface area contributed by atoms with Crippen molar-refractivity contribution in [3.8, 4) is 17.1 Å². The van der Waals surface area contributed by atoms with Gasteiger partial charge in [-0.25, -0.2) is 15.0 Å². The zero-order valence-electron chi connectivity index (χ0n) is 18.4. The minimum atomic E-state index is 0.590. The van der Waals surface area contributed by atoms with Crippen LogP contribution in [-0.4, -0.2) is 27.0 Å². The second kappa shape index (κ2) is 8.69. The summed E-state index contributed by atoms with van der Waals surface area (Å²) in [6, 6.07) is 6.02. The zero-order chi connectivity index (χ0) is 21.2. The maximum absolute atomic E-state index is 5.63. The summed E-state index contributed by atoms with van der Waals surface area (Å²) in [5.74, 6) is 3.61. The molecule has 5 rings (SSSR count). The smallest absolute Gasteiger partial charge is 0.227 e. The number of fused-ring (bicyclic) bond motifs is 1. The third kappa shape index (κ3) is 4.16. The van der Waals surface area contributed by atoms with Crippen molar-refractivity contribution < 1.29 is 4.74 Å². The summed E-state index contributed by atoms with van der Waals surface area (Å²) < 4.78 is 5.63. The predicted molar refractivity (Wildman–Crippen MR) is 123 cm³/mol. The Morgan fingerprint density at radius 3 is 2.68 bits per heavy atom. The number of ether oxygens (including phenoxy) is 1. The van der Waals surface area contributed by atoms with E-state index in [9.17, 15) is 0 Å². The first kappa shape index (κ1) is 20.0. The van der Waals surface area contributed by atoms with E-state index in [-0.39, 0.29) is 0 Å². The summed E-state index contributed by atoms with van der Waals surface area (Å²) in [4.78, 5) is 17.3. The van der Waals surface area contributed by atoms with Gasteiger partial charge in [-0.15, -0.1) is 0 Å². The molecule has 2 heterocycles. The van der Waals surface area contributed by atoms with Gasteiger partial charge in [0.2, 0.25) is 5.95 Å². The predicted octanol–water partition coefficient (Wildman–Crippen LogP) is 5.93. The van der Waals surface area contributed by atoms with Gasteiger partial charge in [-0.05, 0) is 62.6 Å². The fourth-order valence-corrected chi connectivity index (χ4v) is 5.28. The van der Waals surface area contributed by atoms with Gasteiger partial charge in [0, 0.05) is 35.8 Å². The molecule has 6 heteroatoms. The largest absolute Gasteiger partial charge is 0.496 e. The first-order valence-corrected chi connectivity index (χ1v) is 11.5. The molecular formula is C25H31N5O. The van der Waals surface area contributed by atoms with E-state index in [1.165, 1.54) is 56.2 Å². The standard InChI is InChI=1S/C25H31N5O/c1-16-14-26-24(28-16)21-12-11-19(13-22(21)31-2)29-25-27-15-18-9-6-10-20(23(18)30-25)17-7-4-3-5-8-17/h11-15,17,20H,3-10H2,1-2H3,(H,26,28)(H,27,29,30). The average Bonchev–Trinajstić information content (AvgIpc) is 3.25. The number of hydrogen-bond acceptors (Lipinski definition) is 5. The van der Waals surface area contributed by atoms with Crippen LogP contribution in [0.3, 0.4) is 0 Å². The van der Waals surface area contributed by atoms with Gasteiger partial charge in [-0.1, -0.05) is 19.3 Å². The van der Waals surface area contributed by atoms with E-state index in [2.05, 4.69) is 20.3 Å². The van der Waals surface area contributed by atoms with Crippen LogP contribution in [-0.2, 0) is 6.42 Å². The van der Waals surface area contributed by atoms with Gasteiger partial charge in [0.05, 0.1) is 18.4 Å². The minimum Gasteiger partial charge on any atom is -0.496 e. The number of benzene rings is 1. The van der Waals surface area contributed by atoms with Crippen LogP contribution < -0.4 is 10.1 Å². The number of hydrogen-bond donors (Lipinski definition) is 2. The molecule has 2 aromatic heterocycles. The molecule has 6 nitrogen and oxygen atoms in total. The van der Waals surface area contributed by atoms with Crippen LogP contribution in [0.2, 0.25) is 0 Å². The zero-order valence-corrected chi connectivity index (χ0v) is 18.4. The second-order valence-corrected chi connectivity index (χ2v) is 8.96. The fraction of sp³-hybridized carbons (Fsp3) is 0.480. The van der Waals surface area contributed by atoms with E-state index >= 15 is 0 Å². The highest BCUT2D eigenvalue weighted by molar-refractivity contribution is 5.70. The molecule has 1 saturated carbocycles. The van der Waals surface area contributed by atoms with E-state index < -0.39 is 0 Å². The van der Waals surface area contributed by atoms with E-state index in [1.807, 2.05) is 37.5 Å². The molecule has 162 valence electrons. The van der Waals surface area contributed by atoms with Crippen LogP contribution >= 0.6 is 0 Å². The van der Waals surface area contributed by atoms with Gasteiger partial charge >= 0.3 is 0 Å². The average molecular weight is 418 g/mol. The number of nitrogens with zero attached hydrogens (tertiary/aromatic N) is 3. The summed E-state index contributed by atoms with van der Waals surface area (Å²) in [7, 11) is 1.68. The number of imidazole rings is 1. The van der Waals surface area contributed by atoms with Crippen LogP contribution in [0.25, 0.3) is 11.4 Å². The highest BCUT2D eigenvalue weighted by Crippen LogP contribution is 2.42. The number of aryl methyl sites for hydroxylation is 2. The Morgan fingerprint density at radius 1 is 1.03 bits per heavy atom. The number of methoxy groups -OCH3 is 1. The Hall–Kier alpha value is -2.89. The van der Waals surface area contributed by atoms with Crippen molar-refractivity contribution >= 4 is 11.6 Å². The molecule has 2 aliphatic rings. The molecule has 0 radical (unpaired) electrons. The maximum Gasteiger partial charge on any atom is 0.227 e. The number of aromatic amines is 1. The summed E-state index contributed by atoms with van der Waals surface area (Å²) in [5.41, 5.74) is 5.49. The molecule has 2 N–H and O–H groups in total. The van der Waals surface area contributed by atoms with Crippen LogP contribution in [0.1, 0.15) is 67.8 Å². The summed E-state index contributed by atoms with van der Waals surface area (Å²) in [5, 5.41) is 3.40. The highest BCUT2D eigenvalue weighted by Gasteiger charge is 2.30. The Morgan fingerprint density at radius 2 is 1.90 bits per heavy atom. The van der Waals surface area contributed by atoms with E-state index in [4.69, 9.17) is 9.72 Å². The normalized spacial score (nSPS) is 19.1. The lowest BCUT2D eigenvalue weighted by atomic mass is 9.73. The third-order valence-corrected chi connectivity index (χ3v) is 6.85. The van der Waals surface area contributed by atoms with Crippen molar-refractivity contribution in [2.45, 2.75) is 64.2 Å². The van der Waals surface area contributed by atoms with Gasteiger partial charge in [0.15, 0.2) is 0 Å². The number of nitrogens with one attached hydrogen (secondary N) is 2. The van der Waals surface area contributed by atoms with Crippen LogP contribution in [0, 0.1) is 12.8 Å². The lowest BCUT2D eigenvalue weighted by Crippen LogP contribution is -2.22. The number of anilines is 2. The molecule has 1 unspecified atom stereocenters. The van der Waals surface area contributed by atoms with Crippen molar-refractivity contribution in [1.82, 2.24) is 19.9 Å². The third-order valence-electron chi connectivity index (χ3n) is 6.85. The first-order valence-electron chi connectivity index (χ1n) is 11.5. The Bertz CT molecular complexity index is 1050. The molecule has 1 atom stereocenters. The van der Waals surface area contributed by atoms with Crippen molar-refractivity contribution in [1.29, 1.82) is 0 Å². The van der Waals surface area contributed by atoms with Crippen LogP contribution in [0.4, 0.5) is 11.6 Å². The first-order chi connectivity index (χ1) is 15.2. The number of H-pyrrole nitrogens is 1. The summed E-state index contributed by atoms with van der Waals surface area (Å²) in [6.07, 6.45) is 14.3. The molecular weight excluding hydrogens is 386 g/mol. The van der Waals surface area contributed by atoms with E-state index in [0.29, 0.717) is 11.9 Å². The van der Waals surface area contributed by atoms with E-state index in [0.717, 1.165) is 40.9 Å². The topological polar surface area (TPSA) is 75.7 Å². The van der Waals surface area contributed by atoms with Crippen LogP contribution in [0.5, 0.6) is 5.75 Å². The fourth-order valence-electron chi connectivity index (χ4n) is 5.28. The Labute approximate surface area is 183 Å². The van der Waals surface area contributed by atoms with Crippen molar-refractivity contribution in [2.24, 2.45) is 5.92 Å². The molecule has 0 amide bonds. The molecule has 1 fully saturated rings. The molecule has 1 aromatic carbocycles. The van der Waals surface area contributed by atoms with Crippen molar-refractivity contribution in [3.05, 3.63) is 47.5 Å². The highest BCUT2D eigenvalue weighted by atomic mass is 16.5. The van der Waals surface area contributed by atoms with Gasteiger partial charge in [-0.2, -0.15) is 0 Å². The maximum atomic E-state index is 5.63. The molecule has 3 aromatic rings. The van der Waals surface area contributed by atoms with Gasteiger partial charge in [0.1, 0.15) is 11.6 Å². The minimum absolute atomic E-state index is 0.590. The SMILES string of the molecule is COc1cc(Nc2ncc3c(n2)C(C2CCCCC2)CCC3)ccc1-c1ncc(C)[nH]1. The van der Waals surface area contributed by atoms with Crippen LogP contribution in [0.15, 0.2) is 30.6 Å². The van der Waals surface area contributed by atoms with Crippen molar-refractivity contribution in [2.75, 3.05) is 12.4 Å².